The molecule has 2 aromatic rings. The number of aromatic amines is 2. The monoisotopic (exact) mass is 220 g/mol. The Morgan fingerprint density at radius 1 is 1.44 bits per heavy atom. The number of aromatic nitrogens is 4. The van der Waals surface area contributed by atoms with E-state index in [2.05, 4.69) is 20.4 Å². The number of rotatable bonds is 2. The van der Waals surface area contributed by atoms with Crippen molar-refractivity contribution in [1.82, 2.24) is 20.4 Å². The third-order valence-corrected chi connectivity index (χ3v) is 2.12. The number of aryl methyl sites for hydroxylation is 1. The van der Waals surface area contributed by atoms with Crippen LogP contribution in [0.2, 0.25) is 0 Å². The zero-order chi connectivity index (χ0) is 11.7. The molecule has 0 saturated heterocycles. The number of carboxylic acids is 1. The molecule has 82 valence electrons. The second kappa shape index (κ2) is 3.61. The van der Waals surface area contributed by atoms with E-state index in [1.807, 2.05) is 0 Å². The lowest BCUT2D eigenvalue weighted by atomic mass is 10.1. The van der Waals surface area contributed by atoms with Crippen molar-refractivity contribution < 1.29 is 9.90 Å². The third kappa shape index (κ3) is 1.48. The Labute approximate surface area is 89.1 Å². The maximum Gasteiger partial charge on any atom is 0.341 e. The highest BCUT2D eigenvalue weighted by Gasteiger charge is 2.18. The van der Waals surface area contributed by atoms with Crippen molar-refractivity contribution >= 4 is 5.97 Å². The van der Waals surface area contributed by atoms with Gasteiger partial charge in [0.2, 0.25) is 5.43 Å². The number of carbonyl (C=O) groups is 1. The first-order chi connectivity index (χ1) is 7.61. The summed E-state index contributed by atoms with van der Waals surface area (Å²) in [6, 6.07) is 1.54. The van der Waals surface area contributed by atoms with Gasteiger partial charge in [-0.15, -0.1) is 0 Å². The predicted octanol–water partition coefficient (Wildman–Crippen LogP) is 0.167. The lowest BCUT2D eigenvalue weighted by Crippen LogP contribution is -2.21. The Kier molecular flexibility index (Phi) is 2.28. The van der Waals surface area contributed by atoms with Gasteiger partial charge >= 0.3 is 5.97 Å². The van der Waals surface area contributed by atoms with E-state index in [0.29, 0.717) is 5.69 Å². The van der Waals surface area contributed by atoms with Crippen LogP contribution in [0.5, 0.6) is 0 Å². The smallest absolute Gasteiger partial charge is 0.341 e. The van der Waals surface area contributed by atoms with Crippen LogP contribution in [0.3, 0.4) is 0 Å². The molecule has 2 heterocycles. The lowest BCUT2D eigenvalue weighted by molar-refractivity contribution is 0.0694. The Morgan fingerprint density at radius 2 is 2.19 bits per heavy atom. The van der Waals surface area contributed by atoms with Crippen LogP contribution in [-0.4, -0.2) is 31.5 Å². The number of aromatic carboxylic acids is 1. The van der Waals surface area contributed by atoms with E-state index in [9.17, 15) is 9.59 Å². The van der Waals surface area contributed by atoms with Crippen LogP contribution in [0.25, 0.3) is 11.4 Å². The molecule has 7 heteroatoms. The van der Waals surface area contributed by atoms with Gasteiger partial charge in [-0.05, 0) is 13.0 Å². The van der Waals surface area contributed by atoms with Crippen LogP contribution in [0, 0.1) is 6.92 Å². The summed E-state index contributed by atoms with van der Waals surface area (Å²) in [5.74, 6) is -1.28. The lowest BCUT2D eigenvalue weighted by Gasteiger charge is -2.01. The molecule has 2 aromatic heterocycles. The van der Waals surface area contributed by atoms with Gasteiger partial charge in [-0.1, -0.05) is 0 Å². The van der Waals surface area contributed by atoms with Crippen molar-refractivity contribution in [3.63, 3.8) is 0 Å². The molecule has 16 heavy (non-hydrogen) atoms. The van der Waals surface area contributed by atoms with Gasteiger partial charge in [0.15, 0.2) is 5.69 Å². The van der Waals surface area contributed by atoms with Crippen molar-refractivity contribution in [3.8, 4) is 11.4 Å². The fraction of sp³-hybridized carbons (Fsp3) is 0.111. The second-order valence-corrected chi connectivity index (χ2v) is 3.18. The van der Waals surface area contributed by atoms with E-state index >= 15 is 0 Å². The van der Waals surface area contributed by atoms with E-state index in [4.69, 9.17) is 5.11 Å². The summed E-state index contributed by atoms with van der Waals surface area (Å²) >= 11 is 0. The highest BCUT2D eigenvalue weighted by atomic mass is 16.4. The molecule has 0 bridgehead atoms. The molecule has 0 atom stereocenters. The predicted molar refractivity (Wildman–Crippen MR) is 54.1 cm³/mol. The van der Waals surface area contributed by atoms with Gasteiger partial charge in [-0.3, -0.25) is 15.0 Å². The zero-order valence-corrected chi connectivity index (χ0v) is 8.31. The first-order valence-electron chi connectivity index (χ1n) is 4.43. The average Bonchev–Trinajstić information content (AvgIpc) is 2.70. The van der Waals surface area contributed by atoms with Crippen LogP contribution >= 0.6 is 0 Å². The number of carboxylic acid groups (broad SMARTS) is 1. The van der Waals surface area contributed by atoms with E-state index in [0.717, 1.165) is 0 Å². The maximum absolute atomic E-state index is 11.8. The molecule has 2 rings (SSSR count). The summed E-state index contributed by atoms with van der Waals surface area (Å²) < 4.78 is 0. The minimum Gasteiger partial charge on any atom is -0.477 e. The van der Waals surface area contributed by atoms with E-state index < -0.39 is 11.4 Å². The molecule has 0 aliphatic heterocycles. The van der Waals surface area contributed by atoms with Crippen LogP contribution < -0.4 is 5.43 Å². The molecule has 0 radical (unpaired) electrons. The molecular weight excluding hydrogens is 212 g/mol. The Bertz CT molecular complexity index is 585. The van der Waals surface area contributed by atoms with Gasteiger partial charge in [-0.2, -0.15) is 10.2 Å². The van der Waals surface area contributed by atoms with Crippen LogP contribution in [0.1, 0.15) is 16.1 Å². The van der Waals surface area contributed by atoms with E-state index in [-0.39, 0.29) is 17.0 Å². The van der Waals surface area contributed by atoms with Crippen LogP contribution in [-0.2, 0) is 0 Å². The average molecular weight is 220 g/mol. The van der Waals surface area contributed by atoms with Crippen molar-refractivity contribution in [2.24, 2.45) is 0 Å². The highest BCUT2D eigenvalue weighted by molar-refractivity contribution is 5.89. The number of nitrogens with one attached hydrogen (secondary N) is 2. The maximum atomic E-state index is 11.8. The van der Waals surface area contributed by atoms with Crippen molar-refractivity contribution in [1.29, 1.82) is 0 Å². The number of nitrogens with zero attached hydrogens (tertiary/aromatic N) is 2. The van der Waals surface area contributed by atoms with E-state index in [1.54, 1.807) is 6.07 Å². The minimum absolute atomic E-state index is 0.0144. The number of hydrogen-bond acceptors (Lipinski definition) is 4. The molecule has 0 fully saturated rings. The Balaban J connectivity index is 2.72. The fourth-order valence-electron chi connectivity index (χ4n) is 1.36. The summed E-state index contributed by atoms with van der Waals surface area (Å²) in [4.78, 5) is 22.7. The first-order valence-corrected chi connectivity index (χ1v) is 4.43. The minimum atomic E-state index is -1.28. The summed E-state index contributed by atoms with van der Waals surface area (Å²) in [5, 5.41) is 21.4. The molecule has 0 spiro atoms. The quantitative estimate of drug-likeness (QED) is 0.667. The molecule has 0 aliphatic carbocycles. The summed E-state index contributed by atoms with van der Waals surface area (Å²) in [5.41, 5.74) is -0.322. The zero-order valence-electron chi connectivity index (χ0n) is 8.31. The van der Waals surface area contributed by atoms with Gasteiger partial charge in [0.1, 0.15) is 5.56 Å². The highest BCUT2D eigenvalue weighted by Crippen LogP contribution is 2.09. The molecule has 0 aliphatic rings. The Morgan fingerprint density at radius 3 is 2.75 bits per heavy atom. The van der Waals surface area contributed by atoms with E-state index in [1.165, 1.54) is 13.1 Å². The standard InChI is InChI=1S/C9H8N4O3/c1-4-6(9(15)16)8(14)7(13-11-4)5-2-3-10-12-5/h2-3H,1H3,(H,10,12)(H,11,14)(H,15,16). The summed E-state index contributed by atoms with van der Waals surface area (Å²) in [7, 11) is 0. The van der Waals surface area contributed by atoms with Gasteiger partial charge in [-0.25, -0.2) is 4.79 Å². The number of H-pyrrole nitrogens is 2. The molecule has 7 nitrogen and oxygen atoms in total. The largest absolute Gasteiger partial charge is 0.477 e. The van der Waals surface area contributed by atoms with Gasteiger partial charge in [0.05, 0.1) is 5.69 Å². The summed E-state index contributed by atoms with van der Waals surface area (Å²) in [6.45, 7) is 1.48. The molecule has 0 unspecified atom stereocenters. The van der Waals surface area contributed by atoms with Crippen molar-refractivity contribution in [2.45, 2.75) is 6.92 Å². The van der Waals surface area contributed by atoms with Crippen molar-refractivity contribution in [3.05, 3.63) is 33.7 Å². The molecule has 3 N–H and O–H groups in total. The molecular formula is C9H8N4O3. The fourth-order valence-corrected chi connectivity index (χ4v) is 1.36. The first kappa shape index (κ1) is 10.1. The van der Waals surface area contributed by atoms with Gasteiger partial charge < -0.3 is 5.11 Å². The normalized spacial score (nSPS) is 10.3. The molecule has 0 amide bonds. The van der Waals surface area contributed by atoms with Crippen LogP contribution in [0.4, 0.5) is 0 Å². The second-order valence-electron chi connectivity index (χ2n) is 3.18. The van der Waals surface area contributed by atoms with Crippen molar-refractivity contribution in [2.75, 3.05) is 0 Å². The van der Waals surface area contributed by atoms with Gasteiger partial charge in [0, 0.05) is 11.9 Å². The van der Waals surface area contributed by atoms with Gasteiger partial charge in [0.25, 0.3) is 0 Å². The molecule has 0 aromatic carbocycles. The Hall–Kier alpha value is -2.44. The SMILES string of the molecule is Cc1[nH]nc(-c2ccn[nH]2)c(=O)c1C(=O)O. The number of hydrogen-bond donors (Lipinski definition) is 3. The topological polar surface area (TPSA) is 112 Å². The summed E-state index contributed by atoms with van der Waals surface area (Å²) in [6.07, 6.45) is 1.46. The molecule has 0 saturated carbocycles. The van der Waals surface area contributed by atoms with Crippen LogP contribution in [0.15, 0.2) is 17.1 Å². The third-order valence-electron chi connectivity index (χ3n) is 2.12.